The van der Waals surface area contributed by atoms with Gasteiger partial charge >= 0.3 is 6.18 Å². The molecule has 1 fully saturated rings. The fourth-order valence-electron chi connectivity index (χ4n) is 1.82. The van der Waals surface area contributed by atoms with Crippen LogP contribution < -0.4 is 0 Å². The first-order valence-electron chi connectivity index (χ1n) is 4.86. The molecule has 0 N–H and O–H groups in total. The molecule has 2 atom stereocenters. The summed E-state index contributed by atoms with van der Waals surface area (Å²) in [5, 5.41) is 0.774. The zero-order valence-electron chi connectivity index (χ0n) is 8.19. The van der Waals surface area contributed by atoms with E-state index in [9.17, 15) is 17.6 Å². The summed E-state index contributed by atoms with van der Waals surface area (Å²) in [7, 11) is 0. The van der Waals surface area contributed by atoms with Crippen molar-refractivity contribution in [3.63, 3.8) is 0 Å². The monoisotopic (exact) mass is 296 g/mol. The molecule has 0 radical (unpaired) electrons. The topological polar surface area (TPSA) is 0 Å². The first-order valence-corrected chi connectivity index (χ1v) is 5.98. The van der Waals surface area contributed by atoms with Crippen LogP contribution in [0.3, 0.4) is 0 Å². The van der Waals surface area contributed by atoms with Gasteiger partial charge in [-0.05, 0) is 36.0 Å². The quantitative estimate of drug-likeness (QED) is 0.562. The van der Waals surface area contributed by atoms with E-state index in [-0.39, 0.29) is 5.92 Å². The van der Waals surface area contributed by atoms with E-state index in [1.807, 2.05) is 0 Å². The Morgan fingerprint density at radius 3 is 2.50 bits per heavy atom. The molecule has 0 aromatic heterocycles. The molecule has 0 heterocycles. The molecule has 1 saturated carbocycles. The summed E-state index contributed by atoms with van der Waals surface area (Å²) in [6.45, 7) is 0. The van der Waals surface area contributed by atoms with E-state index in [0.29, 0.717) is 11.5 Å². The fraction of sp³-hybridized carbons (Fsp3) is 0.455. The van der Waals surface area contributed by atoms with Crippen LogP contribution in [0, 0.1) is 11.7 Å². The largest absolute Gasteiger partial charge is 0.419 e. The summed E-state index contributed by atoms with van der Waals surface area (Å²) < 4.78 is 50.3. The minimum atomic E-state index is -4.61. The lowest BCUT2D eigenvalue weighted by Crippen LogP contribution is -2.08. The average Bonchev–Trinajstić information content (AvgIpc) is 2.96. The fourth-order valence-corrected chi connectivity index (χ4v) is 2.53. The number of benzene rings is 1. The third-order valence-electron chi connectivity index (χ3n) is 2.84. The van der Waals surface area contributed by atoms with Crippen molar-refractivity contribution in [3.8, 4) is 0 Å². The molecule has 0 bridgehead atoms. The van der Waals surface area contributed by atoms with E-state index in [2.05, 4.69) is 15.9 Å². The van der Waals surface area contributed by atoms with Gasteiger partial charge in [0.25, 0.3) is 0 Å². The van der Waals surface area contributed by atoms with Crippen LogP contribution in [0.5, 0.6) is 0 Å². The van der Waals surface area contributed by atoms with Crippen molar-refractivity contribution in [1.82, 2.24) is 0 Å². The third-order valence-corrected chi connectivity index (χ3v) is 3.68. The third kappa shape index (κ3) is 2.24. The molecule has 5 heteroatoms. The molecule has 0 amide bonds. The van der Waals surface area contributed by atoms with E-state index in [4.69, 9.17) is 0 Å². The minimum Gasteiger partial charge on any atom is -0.206 e. The van der Waals surface area contributed by atoms with Crippen LogP contribution >= 0.6 is 15.9 Å². The number of alkyl halides is 4. The summed E-state index contributed by atoms with van der Waals surface area (Å²) in [6, 6.07) is 3.28. The van der Waals surface area contributed by atoms with Gasteiger partial charge in [0.05, 0.1) is 5.56 Å². The average molecular weight is 297 g/mol. The van der Waals surface area contributed by atoms with E-state index in [1.54, 1.807) is 0 Å². The van der Waals surface area contributed by atoms with Crippen LogP contribution in [-0.4, -0.2) is 5.33 Å². The lowest BCUT2D eigenvalue weighted by Gasteiger charge is -2.09. The lowest BCUT2D eigenvalue weighted by atomic mass is 10.1. The van der Waals surface area contributed by atoms with Gasteiger partial charge in [-0.1, -0.05) is 22.0 Å². The number of halogens is 5. The van der Waals surface area contributed by atoms with Crippen molar-refractivity contribution in [2.45, 2.75) is 18.5 Å². The highest BCUT2D eigenvalue weighted by Gasteiger charge is 2.40. The zero-order chi connectivity index (χ0) is 11.9. The molecule has 2 rings (SSSR count). The van der Waals surface area contributed by atoms with Crippen molar-refractivity contribution < 1.29 is 17.6 Å². The summed E-state index contributed by atoms with van der Waals surface area (Å²) >= 11 is 3.29. The molecule has 0 nitrogen and oxygen atoms in total. The van der Waals surface area contributed by atoms with Gasteiger partial charge in [-0.25, -0.2) is 4.39 Å². The maximum absolute atomic E-state index is 13.0. The van der Waals surface area contributed by atoms with E-state index in [1.165, 1.54) is 6.07 Å². The number of rotatable bonds is 2. The van der Waals surface area contributed by atoms with Gasteiger partial charge in [0.15, 0.2) is 0 Å². The summed E-state index contributed by atoms with van der Waals surface area (Å²) in [5.74, 6) is -0.681. The van der Waals surface area contributed by atoms with Crippen LogP contribution in [0.25, 0.3) is 0 Å². The van der Waals surface area contributed by atoms with Gasteiger partial charge in [-0.2, -0.15) is 13.2 Å². The second kappa shape index (κ2) is 4.02. The molecule has 1 aromatic carbocycles. The molecule has 16 heavy (non-hydrogen) atoms. The highest BCUT2D eigenvalue weighted by atomic mass is 79.9. The predicted octanol–water partition coefficient (Wildman–Crippen LogP) is 4.34. The Morgan fingerprint density at radius 2 is 2.00 bits per heavy atom. The summed E-state index contributed by atoms with van der Waals surface area (Å²) in [6.07, 6.45) is -3.74. The van der Waals surface area contributed by atoms with Gasteiger partial charge in [0.1, 0.15) is 5.82 Å². The molecular formula is C11H9BrF4. The zero-order valence-corrected chi connectivity index (χ0v) is 9.78. The van der Waals surface area contributed by atoms with Crippen molar-refractivity contribution in [1.29, 1.82) is 0 Å². The van der Waals surface area contributed by atoms with Gasteiger partial charge in [-0.3, -0.25) is 0 Å². The van der Waals surface area contributed by atoms with Gasteiger partial charge in [-0.15, -0.1) is 0 Å². The second-order valence-corrected chi connectivity index (χ2v) is 4.64. The van der Waals surface area contributed by atoms with E-state index < -0.39 is 17.6 Å². The van der Waals surface area contributed by atoms with Gasteiger partial charge in [0.2, 0.25) is 0 Å². The Bertz CT molecular complexity index is 399. The molecule has 0 spiro atoms. The Morgan fingerprint density at radius 1 is 1.31 bits per heavy atom. The highest BCUT2D eigenvalue weighted by Crippen LogP contribution is 2.49. The van der Waals surface area contributed by atoms with Crippen LogP contribution in [0.4, 0.5) is 17.6 Å². The normalized spacial score (nSPS) is 24.6. The minimum absolute atomic E-state index is 0.140. The summed E-state index contributed by atoms with van der Waals surface area (Å²) in [4.78, 5) is 0. The first kappa shape index (κ1) is 11.9. The predicted molar refractivity (Wildman–Crippen MR) is 56.0 cm³/mol. The molecule has 0 aliphatic heterocycles. The smallest absolute Gasteiger partial charge is 0.206 e. The van der Waals surface area contributed by atoms with Crippen LogP contribution in [-0.2, 0) is 6.18 Å². The van der Waals surface area contributed by atoms with E-state index in [0.717, 1.165) is 23.9 Å². The first-order chi connectivity index (χ1) is 7.43. The van der Waals surface area contributed by atoms with Gasteiger partial charge < -0.3 is 0 Å². The van der Waals surface area contributed by atoms with Crippen molar-refractivity contribution in [2.75, 3.05) is 5.33 Å². The molecule has 1 aliphatic rings. The standard InChI is InChI=1S/C11H9BrF4/c12-5-7-3-8(7)6-1-2-10(13)9(4-6)11(14,15)16/h1-2,4,7-8H,3,5H2. The number of hydrogen-bond donors (Lipinski definition) is 0. The van der Waals surface area contributed by atoms with Crippen molar-refractivity contribution in [2.24, 2.45) is 5.92 Å². The van der Waals surface area contributed by atoms with Crippen LogP contribution in [0.15, 0.2) is 18.2 Å². The SMILES string of the molecule is Fc1ccc(C2CC2CBr)cc1C(F)(F)F. The Labute approximate surface area is 98.8 Å². The Balaban J connectivity index is 2.30. The molecule has 1 aromatic rings. The van der Waals surface area contributed by atoms with Crippen molar-refractivity contribution >= 4 is 15.9 Å². The Hall–Kier alpha value is -0.580. The van der Waals surface area contributed by atoms with E-state index >= 15 is 0 Å². The van der Waals surface area contributed by atoms with Crippen LogP contribution in [0.2, 0.25) is 0 Å². The lowest BCUT2D eigenvalue weighted by molar-refractivity contribution is -0.140. The number of hydrogen-bond acceptors (Lipinski definition) is 0. The molecule has 1 aliphatic carbocycles. The molecular weight excluding hydrogens is 288 g/mol. The maximum Gasteiger partial charge on any atom is 0.419 e. The maximum atomic E-state index is 13.0. The Kier molecular flexibility index (Phi) is 2.99. The second-order valence-electron chi connectivity index (χ2n) is 3.99. The van der Waals surface area contributed by atoms with Crippen LogP contribution in [0.1, 0.15) is 23.5 Å². The van der Waals surface area contributed by atoms with Gasteiger partial charge in [0, 0.05) is 5.33 Å². The highest BCUT2D eigenvalue weighted by molar-refractivity contribution is 9.09. The molecule has 2 unspecified atom stereocenters. The molecule has 0 saturated heterocycles. The van der Waals surface area contributed by atoms with Crippen molar-refractivity contribution in [3.05, 3.63) is 35.1 Å². The molecule has 88 valence electrons. The summed E-state index contributed by atoms with van der Waals surface area (Å²) in [5.41, 5.74) is -0.580.